The monoisotopic (exact) mass is 227 g/mol. The molecule has 0 spiro atoms. The summed E-state index contributed by atoms with van der Waals surface area (Å²) < 4.78 is 5.22. The lowest BCUT2D eigenvalue weighted by Gasteiger charge is -2.03. The predicted octanol–water partition coefficient (Wildman–Crippen LogP) is 2.71. The van der Waals surface area contributed by atoms with E-state index in [1.807, 2.05) is 25.1 Å². The van der Waals surface area contributed by atoms with Gasteiger partial charge in [-0.3, -0.25) is 4.79 Å². The number of benzene rings is 1. The van der Waals surface area contributed by atoms with E-state index in [1.54, 1.807) is 30.5 Å². The van der Waals surface area contributed by atoms with E-state index in [4.69, 9.17) is 4.74 Å². The zero-order chi connectivity index (χ0) is 12.1. The van der Waals surface area contributed by atoms with E-state index in [2.05, 4.69) is 4.98 Å². The molecule has 0 N–H and O–H groups in total. The van der Waals surface area contributed by atoms with Gasteiger partial charge in [-0.05, 0) is 13.0 Å². The first-order valence-electron chi connectivity index (χ1n) is 5.50. The molecule has 0 saturated heterocycles. The Morgan fingerprint density at radius 2 is 1.88 bits per heavy atom. The molecule has 0 aliphatic carbocycles. The third kappa shape index (κ3) is 2.69. The molecular formula is C14H13NO2. The lowest BCUT2D eigenvalue weighted by Crippen LogP contribution is -2.02. The Balaban J connectivity index is 2.20. The van der Waals surface area contributed by atoms with Crippen LogP contribution < -0.4 is 4.74 Å². The topological polar surface area (TPSA) is 39.2 Å². The maximum absolute atomic E-state index is 12.0. The summed E-state index contributed by atoms with van der Waals surface area (Å²) in [5.41, 5.74) is 1.23. The Kier molecular flexibility index (Phi) is 3.50. The minimum absolute atomic E-state index is 0.0267. The second kappa shape index (κ2) is 5.25. The SMILES string of the molecule is CCOc1ccc(C(=O)c2ccccc2)cn1. The average molecular weight is 227 g/mol. The molecule has 3 heteroatoms. The van der Waals surface area contributed by atoms with Gasteiger partial charge in [0.25, 0.3) is 0 Å². The highest BCUT2D eigenvalue weighted by molar-refractivity contribution is 6.08. The highest BCUT2D eigenvalue weighted by Crippen LogP contribution is 2.12. The minimum atomic E-state index is -0.0267. The van der Waals surface area contributed by atoms with Crippen LogP contribution in [0.1, 0.15) is 22.8 Å². The molecule has 0 bridgehead atoms. The highest BCUT2D eigenvalue weighted by atomic mass is 16.5. The first kappa shape index (κ1) is 11.3. The van der Waals surface area contributed by atoms with Gasteiger partial charge in [0.15, 0.2) is 5.78 Å². The van der Waals surface area contributed by atoms with Gasteiger partial charge in [0.2, 0.25) is 5.88 Å². The maximum atomic E-state index is 12.0. The van der Waals surface area contributed by atoms with E-state index >= 15 is 0 Å². The predicted molar refractivity (Wildman–Crippen MR) is 65.3 cm³/mol. The number of nitrogens with zero attached hydrogens (tertiary/aromatic N) is 1. The zero-order valence-electron chi connectivity index (χ0n) is 9.59. The summed E-state index contributed by atoms with van der Waals surface area (Å²) in [6.07, 6.45) is 1.54. The van der Waals surface area contributed by atoms with Crippen LogP contribution in [0, 0.1) is 0 Å². The number of carbonyl (C=O) groups is 1. The first-order chi connectivity index (χ1) is 8.31. The van der Waals surface area contributed by atoms with Crippen molar-refractivity contribution in [3.8, 4) is 5.88 Å². The molecule has 0 amide bonds. The summed E-state index contributed by atoms with van der Waals surface area (Å²) in [6.45, 7) is 2.46. The smallest absolute Gasteiger partial charge is 0.213 e. The van der Waals surface area contributed by atoms with Gasteiger partial charge in [0.1, 0.15) is 0 Å². The van der Waals surface area contributed by atoms with E-state index in [0.29, 0.717) is 23.6 Å². The third-order valence-electron chi connectivity index (χ3n) is 2.33. The van der Waals surface area contributed by atoms with Crippen LogP contribution in [0.2, 0.25) is 0 Å². The number of ketones is 1. The van der Waals surface area contributed by atoms with Crippen LogP contribution in [-0.2, 0) is 0 Å². The van der Waals surface area contributed by atoms with Crippen molar-refractivity contribution in [3.05, 3.63) is 59.8 Å². The van der Waals surface area contributed by atoms with Crippen LogP contribution >= 0.6 is 0 Å². The molecule has 2 aromatic rings. The summed E-state index contributed by atoms with van der Waals surface area (Å²) in [5.74, 6) is 0.512. The summed E-state index contributed by atoms with van der Waals surface area (Å²) in [5, 5.41) is 0. The average Bonchev–Trinajstić information content (AvgIpc) is 2.40. The van der Waals surface area contributed by atoms with E-state index < -0.39 is 0 Å². The molecule has 0 unspecified atom stereocenters. The largest absolute Gasteiger partial charge is 0.478 e. The minimum Gasteiger partial charge on any atom is -0.478 e. The van der Waals surface area contributed by atoms with Gasteiger partial charge < -0.3 is 4.74 Å². The molecule has 3 nitrogen and oxygen atoms in total. The van der Waals surface area contributed by atoms with Crippen molar-refractivity contribution in [2.24, 2.45) is 0 Å². The summed E-state index contributed by atoms with van der Waals surface area (Å²) >= 11 is 0. The quantitative estimate of drug-likeness (QED) is 0.754. The fourth-order valence-electron chi connectivity index (χ4n) is 1.50. The fourth-order valence-corrected chi connectivity index (χ4v) is 1.50. The molecule has 0 atom stereocenters. The van der Waals surface area contributed by atoms with E-state index in [9.17, 15) is 4.79 Å². The Bertz CT molecular complexity index is 491. The van der Waals surface area contributed by atoms with Crippen molar-refractivity contribution >= 4 is 5.78 Å². The van der Waals surface area contributed by atoms with E-state index in [1.165, 1.54) is 0 Å². The molecule has 0 fully saturated rings. The fraction of sp³-hybridized carbons (Fsp3) is 0.143. The van der Waals surface area contributed by atoms with Crippen LogP contribution in [0.15, 0.2) is 48.7 Å². The molecule has 0 aliphatic heterocycles. The standard InChI is InChI=1S/C14H13NO2/c1-2-17-13-9-8-12(10-15-13)14(16)11-6-4-3-5-7-11/h3-10H,2H2,1H3. The Hall–Kier alpha value is -2.16. The van der Waals surface area contributed by atoms with Crippen molar-refractivity contribution in [2.45, 2.75) is 6.92 Å². The van der Waals surface area contributed by atoms with Crippen molar-refractivity contribution < 1.29 is 9.53 Å². The van der Waals surface area contributed by atoms with Crippen LogP contribution in [0.4, 0.5) is 0 Å². The number of aromatic nitrogens is 1. The van der Waals surface area contributed by atoms with Crippen LogP contribution in [-0.4, -0.2) is 17.4 Å². The van der Waals surface area contributed by atoms with Gasteiger partial charge >= 0.3 is 0 Å². The van der Waals surface area contributed by atoms with E-state index in [-0.39, 0.29) is 5.78 Å². The Labute approximate surface area is 100 Å². The Morgan fingerprint density at radius 1 is 1.12 bits per heavy atom. The zero-order valence-corrected chi connectivity index (χ0v) is 9.59. The number of rotatable bonds is 4. The van der Waals surface area contributed by atoms with Crippen LogP contribution in [0.3, 0.4) is 0 Å². The van der Waals surface area contributed by atoms with Gasteiger partial charge in [-0.15, -0.1) is 0 Å². The van der Waals surface area contributed by atoms with Crippen molar-refractivity contribution in [3.63, 3.8) is 0 Å². The molecule has 0 radical (unpaired) electrons. The highest BCUT2D eigenvalue weighted by Gasteiger charge is 2.08. The lowest BCUT2D eigenvalue weighted by molar-refractivity contribution is 0.103. The second-order valence-electron chi connectivity index (χ2n) is 3.51. The van der Waals surface area contributed by atoms with Crippen molar-refractivity contribution in [1.82, 2.24) is 4.98 Å². The van der Waals surface area contributed by atoms with Gasteiger partial charge in [-0.1, -0.05) is 30.3 Å². The second-order valence-corrected chi connectivity index (χ2v) is 3.51. The number of carbonyl (C=O) groups excluding carboxylic acids is 1. The molecule has 2 rings (SSSR count). The third-order valence-corrected chi connectivity index (χ3v) is 2.33. The number of ether oxygens (including phenoxy) is 1. The Morgan fingerprint density at radius 3 is 2.47 bits per heavy atom. The summed E-state index contributed by atoms with van der Waals surface area (Å²) in [6, 6.07) is 12.6. The first-order valence-corrected chi connectivity index (χ1v) is 5.50. The number of hydrogen-bond acceptors (Lipinski definition) is 3. The van der Waals surface area contributed by atoms with Gasteiger partial charge in [-0.2, -0.15) is 0 Å². The molecule has 0 saturated carbocycles. The summed E-state index contributed by atoms with van der Waals surface area (Å²) in [4.78, 5) is 16.1. The van der Waals surface area contributed by atoms with Crippen molar-refractivity contribution in [2.75, 3.05) is 6.61 Å². The normalized spacial score (nSPS) is 9.94. The number of pyridine rings is 1. The van der Waals surface area contributed by atoms with Crippen molar-refractivity contribution in [1.29, 1.82) is 0 Å². The van der Waals surface area contributed by atoms with Gasteiger partial charge in [-0.25, -0.2) is 4.98 Å². The molecule has 1 aromatic heterocycles. The molecule has 86 valence electrons. The molecule has 17 heavy (non-hydrogen) atoms. The maximum Gasteiger partial charge on any atom is 0.213 e. The molecule has 0 aliphatic rings. The molecule has 1 aromatic carbocycles. The van der Waals surface area contributed by atoms with Gasteiger partial charge in [0, 0.05) is 23.4 Å². The van der Waals surface area contributed by atoms with E-state index in [0.717, 1.165) is 0 Å². The summed E-state index contributed by atoms with van der Waals surface area (Å²) in [7, 11) is 0. The van der Waals surface area contributed by atoms with Gasteiger partial charge in [0.05, 0.1) is 6.61 Å². The van der Waals surface area contributed by atoms with Crippen LogP contribution in [0.25, 0.3) is 0 Å². The molecular weight excluding hydrogens is 214 g/mol. The molecule has 1 heterocycles. The number of hydrogen-bond donors (Lipinski definition) is 0. The lowest BCUT2D eigenvalue weighted by atomic mass is 10.1. The van der Waals surface area contributed by atoms with Crippen LogP contribution in [0.5, 0.6) is 5.88 Å².